The molecular weight excluding hydrogens is 377 g/mol. The van der Waals surface area contributed by atoms with E-state index in [0.717, 1.165) is 0 Å². The van der Waals surface area contributed by atoms with E-state index in [1.165, 1.54) is 35.2 Å². The highest BCUT2D eigenvalue weighted by molar-refractivity contribution is 5.96. The number of aromatic nitrogens is 1. The van der Waals surface area contributed by atoms with Crippen LogP contribution in [-0.2, 0) is 11.3 Å². The quantitative estimate of drug-likeness (QED) is 0.831. The topological polar surface area (TPSA) is 82.8 Å². The molecule has 2 bridgehead atoms. The van der Waals surface area contributed by atoms with E-state index in [-0.39, 0.29) is 30.5 Å². The molecule has 2 amide bonds. The normalized spacial score (nSPS) is 24.9. The average Bonchev–Trinajstić information content (AvgIpc) is 2.94. The molecule has 2 aliphatic rings. The molecule has 1 N–H and O–H groups in total. The minimum Gasteiger partial charge on any atom is -0.396 e. The molecule has 7 nitrogen and oxygen atoms in total. The Kier molecular flexibility index (Phi) is 4.74. The Hall–Kier alpha value is -3.00. The molecule has 1 aromatic heterocycles. The van der Waals surface area contributed by atoms with Crippen molar-refractivity contribution in [1.29, 1.82) is 0 Å². The van der Waals surface area contributed by atoms with E-state index < -0.39 is 29.7 Å². The second-order valence-corrected chi connectivity index (χ2v) is 7.74. The fourth-order valence-electron chi connectivity index (χ4n) is 4.66. The third-order valence-corrected chi connectivity index (χ3v) is 5.97. The summed E-state index contributed by atoms with van der Waals surface area (Å²) in [4.78, 5) is 41.9. The standard InChI is InChI=1S/C21H22FN3O4/c1-23(2)21(29)18-14(11-26)16-10-24-15(4-3-5-17(24)27)19(18)25(16)20(28)12-6-8-13(22)9-7-12/h3-9,14,16,18-19,26H,10-11H2,1-2H3/t14-,16-,18+,19+/m0/s1. The number of amides is 2. The molecule has 1 aromatic carbocycles. The molecule has 4 atom stereocenters. The summed E-state index contributed by atoms with van der Waals surface area (Å²) in [6.45, 7) is -0.0950. The summed E-state index contributed by atoms with van der Waals surface area (Å²) < 4.78 is 14.9. The van der Waals surface area contributed by atoms with Gasteiger partial charge in [0.05, 0.1) is 18.0 Å². The highest BCUT2D eigenvalue weighted by Gasteiger charge is 2.57. The lowest BCUT2D eigenvalue weighted by molar-refractivity contribution is -0.135. The van der Waals surface area contributed by atoms with Crippen molar-refractivity contribution in [3.8, 4) is 0 Å². The van der Waals surface area contributed by atoms with E-state index in [0.29, 0.717) is 11.3 Å². The van der Waals surface area contributed by atoms with Crippen molar-refractivity contribution in [3.63, 3.8) is 0 Å². The molecule has 8 heteroatoms. The summed E-state index contributed by atoms with van der Waals surface area (Å²) in [5.74, 6) is -2.21. The number of carbonyl (C=O) groups excluding carboxylic acids is 2. The number of fused-ring (bicyclic) bond motifs is 4. The van der Waals surface area contributed by atoms with Gasteiger partial charge in [-0.05, 0) is 30.3 Å². The van der Waals surface area contributed by atoms with Crippen LogP contribution in [0, 0.1) is 17.7 Å². The van der Waals surface area contributed by atoms with Crippen LogP contribution < -0.4 is 5.56 Å². The van der Waals surface area contributed by atoms with E-state index in [1.54, 1.807) is 35.7 Å². The number of rotatable bonds is 3. The predicted molar refractivity (Wildman–Crippen MR) is 103 cm³/mol. The minimum absolute atomic E-state index is 0.195. The molecular formula is C21H22FN3O4. The smallest absolute Gasteiger partial charge is 0.254 e. The Morgan fingerprint density at radius 1 is 1.17 bits per heavy atom. The number of benzene rings is 1. The Morgan fingerprint density at radius 3 is 2.48 bits per heavy atom. The molecule has 0 unspecified atom stereocenters. The second-order valence-electron chi connectivity index (χ2n) is 7.74. The van der Waals surface area contributed by atoms with Gasteiger partial charge in [-0.15, -0.1) is 0 Å². The summed E-state index contributed by atoms with van der Waals surface area (Å²) in [5.41, 5.74) is 0.657. The van der Waals surface area contributed by atoms with Gasteiger partial charge in [0.1, 0.15) is 5.82 Å². The zero-order chi connectivity index (χ0) is 20.9. The SMILES string of the molecule is CN(C)C(=O)[C@@H]1[C@@H](CO)[C@@H]2Cn3c(cccc3=O)[C@H]1N2C(=O)c1ccc(F)cc1. The molecule has 2 aliphatic heterocycles. The molecule has 3 heterocycles. The number of pyridine rings is 1. The molecule has 29 heavy (non-hydrogen) atoms. The molecule has 2 aromatic rings. The third-order valence-electron chi connectivity index (χ3n) is 5.97. The third kappa shape index (κ3) is 2.95. The van der Waals surface area contributed by atoms with Crippen LogP contribution in [0.3, 0.4) is 0 Å². The Labute approximate surface area is 167 Å². The first kappa shape index (κ1) is 19.3. The zero-order valence-electron chi connectivity index (χ0n) is 16.2. The van der Waals surface area contributed by atoms with Gasteiger partial charge in [-0.25, -0.2) is 4.39 Å². The number of carbonyl (C=O) groups is 2. The van der Waals surface area contributed by atoms with Crippen molar-refractivity contribution in [2.75, 3.05) is 20.7 Å². The van der Waals surface area contributed by atoms with Gasteiger partial charge in [-0.2, -0.15) is 0 Å². The first-order chi connectivity index (χ1) is 13.8. The van der Waals surface area contributed by atoms with Gasteiger partial charge in [0.2, 0.25) is 5.91 Å². The van der Waals surface area contributed by atoms with Crippen molar-refractivity contribution in [2.45, 2.75) is 18.6 Å². The van der Waals surface area contributed by atoms with Gasteiger partial charge in [0, 0.05) is 50.5 Å². The Bertz CT molecular complexity index is 1020. The van der Waals surface area contributed by atoms with Crippen LogP contribution in [0.5, 0.6) is 0 Å². The lowest BCUT2D eigenvalue weighted by Crippen LogP contribution is -2.49. The van der Waals surface area contributed by atoms with Crippen molar-refractivity contribution in [3.05, 3.63) is 69.9 Å². The Balaban J connectivity index is 1.88. The number of aliphatic hydroxyl groups excluding tert-OH is 1. The highest BCUT2D eigenvalue weighted by atomic mass is 19.1. The molecule has 152 valence electrons. The van der Waals surface area contributed by atoms with Crippen LogP contribution in [0.2, 0.25) is 0 Å². The fourth-order valence-corrected chi connectivity index (χ4v) is 4.66. The van der Waals surface area contributed by atoms with Gasteiger partial charge in [0.25, 0.3) is 11.5 Å². The molecule has 0 spiro atoms. The monoisotopic (exact) mass is 399 g/mol. The first-order valence-electron chi connectivity index (χ1n) is 9.45. The van der Waals surface area contributed by atoms with Crippen molar-refractivity contribution in [2.24, 2.45) is 11.8 Å². The number of hydrogen-bond donors (Lipinski definition) is 1. The maximum atomic E-state index is 13.4. The van der Waals surface area contributed by atoms with Gasteiger partial charge in [-0.1, -0.05) is 6.07 Å². The lowest BCUT2D eigenvalue weighted by atomic mass is 9.86. The summed E-state index contributed by atoms with van der Waals surface area (Å²) in [6, 6.07) is 8.81. The molecule has 1 fully saturated rings. The van der Waals surface area contributed by atoms with Gasteiger partial charge >= 0.3 is 0 Å². The van der Waals surface area contributed by atoms with Crippen LogP contribution in [0.1, 0.15) is 22.1 Å². The van der Waals surface area contributed by atoms with E-state index in [9.17, 15) is 23.9 Å². The number of hydrogen-bond acceptors (Lipinski definition) is 4. The predicted octanol–water partition coefficient (Wildman–Crippen LogP) is 0.880. The van der Waals surface area contributed by atoms with E-state index in [4.69, 9.17) is 0 Å². The minimum atomic E-state index is -0.688. The molecule has 0 aliphatic carbocycles. The number of nitrogens with zero attached hydrogens (tertiary/aromatic N) is 3. The molecule has 4 rings (SSSR count). The van der Waals surface area contributed by atoms with E-state index >= 15 is 0 Å². The Morgan fingerprint density at radius 2 is 1.86 bits per heavy atom. The highest BCUT2D eigenvalue weighted by Crippen LogP contribution is 2.49. The van der Waals surface area contributed by atoms with Gasteiger partial charge in [-0.3, -0.25) is 14.4 Å². The average molecular weight is 399 g/mol. The van der Waals surface area contributed by atoms with Crippen LogP contribution in [0.25, 0.3) is 0 Å². The number of aliphatic hydroxyl groups is 1. The molecule has 1 saturated heterocycles. The van der Waals surface area contributed by atoms with Gasteiger partial charge in [0.15, 0.2) is 0 Å². The summed E-state index contributed by atoms with van der Waals surface area (Å²) >= 11 is 0. The molecule has 0 radical (unpaired) electrons. The lowest BCUT2D eigenvalue weighted by Gasteiger charge is -2.38. The zero-order valence-corrected chi connectivity index (χ0v) is 16.2. The summed E-state index contributed by atoms with van der Waals surface area (Å²) in [6.07, 6.45) is 0. The maximum Gasteiger partial charge on any atom is 0.254 e. The molecule has 0 saturated carbocycles. The van der Waals surface area contributed by atoms with Crippen molar-refractivity contribution in [1.82, 2.24) is 14.4 Å². The summed E-state index contributed by atoms with van der Waals surface area (Å²) in [7, 11) is 3.26. The second kappa shape index (κ2) is 7.11. The van der Waals surface area contributed by atoms with Crippen molar-refractivity contribution < 1.29 is 19.1 Å². The van der Waals surface area contributed by atoms with Crippen LogP contribution in [0.15, 0.2) is 47.3 Å². The number of halogens is 1. The maximum absolute atomic E-state index is 13.4. The van der Waals surface area contributed by atoms with Gasteiger partial charge < -0.3 is 19.5 Å². The first-order valence-corrected chi connectivity index (χ1v) is 9.45. The summed E-state index contributed by atoms with van der Waals surface area (Å²) in [5, 5.41) is 10.1. The van der Waals surface area contributed by atoms with Crippen LogP contribution in [-0.4, -0.2) is 58.0 Å². The van der Waals surface area contributed by atoms with E-state index in [2.05, 4.69) is 0 Å². The largest absolute Gasteiger partial charge is 0.396 e. The van der Waals surface area contributed by atoms with Crippen LogP contribution in [0.4, 0.5) is 4.39 Å². The van der Waals surface area contributed by atoms with E-state index in [1.807, 2.05) is 0 Å². The fraction of sp³-hybridized carbons (Fsp3) is 0.381. The van der Waals surface area contributed by atoms with Crippen molar-refractivity contribution >= 4 is 11.8 Å². The van der Waals surface area contributed by atoms with Crippen LogP contribution >= 0.6 is 0 Å².